The highest BCUT2D eigenvalue weighted by atomic mass is 79.9. The van der Waals surface area contributed by atoms with Crippen molar-refractivity contribution in [3.8, 4) is 0 Å². The Hall–Kier alpha value is -0.310. The van der Waals surface area contributed by atoms with E-state index in [1.165, 1.54) is 22.3 Å². The van der Waals surface area contributed by atoms with Crippen molar-refractivity contribution >= 4 is 43.5 Å². The molecule has 2 aromatic carbocycles. The lowest BCUT2D eigenvalue weighted by Gasteiger charge is -2.39. The van der Waals surface area contributed by atoms with Gasteiger partial charge in [0, 0.05) is 5.92 Å². The molecule has 0 radical (unpaired) electrons. The summed E-state index contributed by atoms with van der Waals surface area (Å²) in [4.78, 5) is -0.0595. The van der Waals surface area contributed by atoms with E-state index in [0.717, 1.165) is 0 Å². The predicted octanol–water partition coefficient (Wildman–Crippen LogP) is 5.48. The van der Waals surface area contributed by atoms with E-state index in [9.17, 15) is 0 Å². The van der Waals surface area contributed by atoms with E-state index in [1.807, 2.05) is 0 Å². The summed E-state index contributed by atoms with van der Waals surface area (Å²) in [5, 5.41) is 0. The van der Waals surface area contributed by atoms with Crippen molar-refractivity contribution in [3.63, 3.8) is 0 Å². The van der Waals surface area contributed by atoms with Gasteiger partial charge in [-0.25, -0.2) is 0 Å². The van der Waals surface area contributed by atoms with Gasteiger partial charge in [-0.1, -0.05) is 80.4 Å². The maximum atomic E-state index is 7.07. The quantitative estimate of drug-likeness (QED) is 0.516. The van der Waals surface area contributed by atoms with Gasteiger partial charge >= 0.3 is 0 Å². The molecule has 0 saturated carbocycles. The van der Waals surface area contributed by atoms with Crippen molar-refractivity contribution in [3.05, 3.63) is 70.8 Å². The third-order valence-electron chi connectivity index (χ3n) is 4.38. The molecule has 0 fully saturated rings. The van der Waals surface area contributed by atoms with Crippen LogP contribution in [0.5, 0.6) is 0 Å². The molecule has 0 aromatic heterocycles. The van der Waals surface area contributed by atoms with Crippen LogP contribution in [-0.2, 0) is 4.87 Å². The second-order valence-corrected chi connectivity index (χ2v) is 7.75. The summed E-state index contributed by atoms with van der Waals surface area (Å²) in [5.74, 6) is 0.346. The fourth-order valence-electron chi connectivity index (χ4n) is 3.52. The van der Waals surface area contributed by atoms with Crippen LogP contribution in [0.15, 0.2) is 48.5 Å². The third kappa shape index (κ3) is 1.40. The molecular formula is C16H11Br2Cl. The van der Waals surface area contributed by atoms with Crippen LogP contribution in [0, 0.1) is 0 Å². The lowest BCUT2D eigenvalue weighted by Crippen LogP contribution is -2.36. The number of fused-ring (bicyclic) bond motifs is 7. The number of halogens is 3. The highest BCUT2D eigenvalue weighted by molar-refractivity contribution is 9.10. The van der Waals surface area contributed by atoms with E-state index in [4.69, 9.17) is 11.6 Å². The molecule has 3 heteroatoms. The third-order valence-corrected chi connectivity index (χ3v) is 8.03. The van der Waals surface area contributed by atoms with Crippen LogP contribution in [0.25, 0.3) is 0 Å². The second kappa shape index (κ2) is 4.09. The van der Waals surface area contributed by atoms with Crippen molar-refractivity contribution < 1.29 is 0 Å². The van der Waals surface area contributed by atoms with Gasteiger partial charge in [-0.3, -0.25) is 0 Å². The SMILES string of the molecule is ClC12c3ccccc3C(c3ccccc3C1Br)C2Br. The molecule has 4 unspecified atom stereocenters. The Morgan fingerprint density at radius 2 is 1.42 bits per heavy atom. The van der Waals surface area contributed by atoms with Crippen molar-refractivity contribution in [1.29, 1.82) is 0 Å². The smallest absolute Gasteiger partial charge is 0.0996 e. The molecule has 4 rings (SSSR count). The molecule has 0 nitrogen and oxygen atoms in total. The Morgan fingerprint density at radius 1 is 0.842 bits per heavy atom. The van der Waals surface area contributed by atoms with Gasteiger partial charge in [0.05, 0.1) is 14.5 Å². The average Bonchev–Trinajstić information content (AvgIpc) is 2.63. The van der Waals surface area contributed by atoms with E-state index < -0.39 is 4.87 Å². The first-order valence-electron chi connectivity index (χ1n) is 6.31. The van der Waals surface area contributed by atoms with E-state index in [2.05, 4.69) is 80.4 Å². The van der Waals surface area contributed by atoms with Gasteiger partial charge in [0.1, 0.15) is 0 Å². The van der Waals surface area contributed by atoms with E-state index in [1.54, 1.807) is 0 Å². The predicted molar refractivity (Wildman–Crippen MR) is 86.6 cm³/mol. The van der Waals surface area contributed by atoms with Crippen LogP contribution in [0.3, 0.4) is 0 Å². The van der Waals surface area contributed by atoms with Gasteiger partial charge in [-0.05, 0) is 22.3 Å². The number of hydrogen-bond acceptors (Lipinski definition) is 0. The molecule has 96 valence electrons. The average molecular weight is 399 g/mol. The molecule has 0 N–H and O–H groups in total. The zero-order valence-electron chi connectivity index (χ0n) is 9.98. The van der Waals surface area contributed by atoms with Gasteiger partial charge in [0.15, 0.2) is 0 Å². The van der Waals surface area contributed by atoms with Crippen LogP contribution in [0.4, 0.5) is 0 Å². The van der Waals surface area contributed by atoms with Crippen molar-refractivity contribution in [2.75, 3.05) is 0 Å². The van der Waals surface area contributed by atoms with Gasteiger partial charge in [-0.15, -0.1) is 11.6 Å². The summed E-state index contributed by atoms with van der Waals surface area (Å²) in [6.07, 6.45) is 0. The molecule has 2 aliphatic carbocycles. The summed E-state index contributed by atoms with van der Waals surface area (Å²) < 4.78 is 0. The van der Waals surface area contributed by atoms with Gasteiger partial charge < -0.3 is 0 Å². The summed E-state index contributed by atoms with van der Waals surface area (Å²) in [6, 6.07) is 17.2. The Labute approximate surface area is 134 Å². The van der Waals surface area contributed by atoms with Gasteiger partial charge in [0.2, 0.25) is 0 Å². The van der Waals surface area contributed by atoms with Crippen LogP contribution in [0.1, 0.15) is 33.0 Å². The second-order valence-electron chi connectivity index (χ2n) is 5.23. The van der Waals surface area contributed by atoms with E-state index in [0.29, 0.717) is 5.92 Å². The summed E-state index contributed by atoms with van der Waals surface area (Å²) in [7, 11) is 0. The fourth-order valence-corrected chi connectivity index (χ4v) is 6.32. The molecule has 2 bridgehead atoms. The number of hydrogen-bond donors (Lipinski definition) is 0. The lowest BCUT2D eigenvalue weighted by atomic mass is 9.80. The first-order valence-corrected chi connectivity index (χ1v) is 8.52. The Morgan fingerprint density at radius 3 is 2.16 bits per heavy atom. The van der Waals surface area contributed by atoms with Crippen molar-refractivity contribution in [1.82, 2.24) is 0 Å². The summed E-state index contributed by atoms with van der Waals surface area (Å²) in [5.41, 5.74) is 5.30. The maximum Gasteiger partial charge on any atom is 0.0996 e. The van der Waals surface area contributed by atoms with Gasteiger partial charge in [-0.2, -0.15) is 0 Å². The minimum atomic E-state index is -0.407. The monoisotopic (exact) mass is 396 g/mol. The largest absolute Gasteiger partial charge is 0.111 e. The minimum absolute atomic E-state index is 0.127. The van der Waals surface area contributed by atoms with Crippen LogP contribution < -0.4 is 0 Å². The first kappa shape index (κ1) is 12.4. The topological polar surface area (TPSA) is 0 Å². The molecule has 19 heavy (non-hydrogen) atoms. The standard InChI is InChI=1S/C16H11Br2Cl/c17-14-10-6-2-1-5-9(10)13-11-7-3-4-8-12(11)16(14,19)15(13)18/h1-8,13-15H. The highest BCUT2D eigenvalue weighted by Crippen LogP contribution is 2.66. The Bertz CT molecular complexity index is 658. The lowest BCUT2D eigenvalue weighted by molar-refractivity contribution is 0.553. The molecule has 0 aliphatic heterocycles. The molecule has 2 aliphatic rings. The normalized spacial score (nSPS) is 34.8. The number of rotatable bonds is 0. The van der Waals surface area contributed by atoms with E-state index >= 15 is 0 Å². The Kier molecular flexibility index (Phi) is 2.68. The maximum absolute atomic E-state index is 7.07. The summed E-state index contributed by atoms with van der Waals surface area (Å²) in [6.45, 7) is 0. The first-order chi connectivity index (χ1) is 9.15. The molecule has 4 atom stereocenters. The summed E-state index contributed by atoms with van der Waals surface area (Å²) >= 11 is 14.8. The minimum Gasteiger partial charge on any atom is -0.111 e. The van der Waals surface area contributed by atoms with Crippen LogP contribution in [0.2, 0.25) is 0 Å². The molecular weight excluding hydrogens is 387 g/mol. The molecule has 0 heterocycles. The van der Waals surface area contributed by atoms with Crippen molar-refractivity contribution in [2.24, 2.45) is 0 Å². The zero-order valence-corrected chi connectivity index (χ0v) is 13.9. The van der Waals surface area contributed by atoms with Crippen molar-refractivity contribution in [2.45, 2.75) is 20.4 Å². The fraction of sp³-hybridized carbons (Fsp3) is 0.250. The van der Waals surface area contributed by atoms with Gasteiger partial charge in [0.25, 0.3) is 0 Å². The number of alkyl halides is 3. The molecule has 2 aromatic rings. The highest BCUT2D eigenvalue weighted by Gasteiger charge is 2.58. The molecule has 0 saturated heterocycles. The van der Waals surface area contributed by atoms with Crippen LogP contribution >= 0.6 is 43.5 Å². The van der Waals surface area contributed by atoms with E-state index in [-0.39, 0.29) is 9.65 Å². The number of benzene rings is 2. The molecule has 0 spiro atoms. The van der Waals surface area contributed by atoms with Crippen LogP contribution in [-0.4, -0.2) is 4.83 Å². The molecule has 0 amide bonds. The Balaban J connectivity index is 2.10. The zero-order chi connectivity index (χ0) is 13.2.